The maximum absolute atomic E-state index is 12.3. The van der Waals surface area contributed by atoms with Crippen molar-refractivity contribution in [3.05, 3.63) is 24.0 Å². The summed E-state index contributed by atoms with van der Waals surface area (Å²) in [5.41, 5.74) is 0.659. The van der Waals surface area contributed by atoms with Crippen LogP contribution in [0.3, 0.4) is 0 Å². The number of likely N-dealkylation sites (tertiary alicyclic amines) is 1. The highest BCUT2D eigenvalue weighted by Gasteiger charge is 2.40. The van der Waals surface area contributed by atoms with Crippen LogP contribution in [0.1, 0.15) is 48.9 Å². The van der Waals surface area contributed by atoms with Gasteiger partial charge in [0, 0.05) is 32.0 Å². The Morgan fingerprint density at radius 3 is 2.69 bits per heavy atom. The number of amides is 2. The van der Waals surface area contributed by atoms with E-state index in [1.807, 2.05) is 4.90 Å². The third-order valence-electron chi connectivity index (χ3n) is 6.59. The molecule has 3 aliphatic rings. The first-order valence-electron chi connectivity index (χ1n) is 10.0. The van der Waals surface area contributed by atoms with Crippen molar-refractivity contribution >= 4 is 12.0 Å². The molecule has 0 aromatic carbocycles. The summed E-state index contributed by atoms with van der Waals surface area (Å²) < 4.78 is 5.61. The molecule has 142 valence electrons. The van der Waals surface area contributed by atoms with Gasteiger partial charge in [-0.05, 0) is 61.8 Å². The Morgan fingerprint density at radius 1 is 1.19 bits per heavy atom. The van der Waals surface area contributed by atoms with E-state index >= 15 is 0 Å². The van der Waals surface area contributed by atoms with E-state index in [2.05, 4.69) is 10.3 Å². The molecule has 1 aromatic heterocycles. The average molecular weight is 359 g/mol. The molecule has 6 nitrogen and oxygen atoms in total. The second-order valence-corrected chi connectivity index (χ2v) is 8.25. The highest BCUT2D eigenvalue weighted by Crippen LogP contribution is 2.48. The number of aromatic nitrogens is 1. The van der Waals surface area contributed by atoms with Crippen LogP contribution in [0, 0.1) is 23.7 Å². The van der Waals surface area contributed by atoms with Crippen molar-refractivity contribution in [1.82, 2.24) is 15.2 Å². The molecule has 2 saturated carbocycles. The summed E-state index contributed by atoms with van der Waals surface area (Å²) in [6, 6.07) is 1.77. The van der Waals surface area contributed by atoms with Gasteiger partial charge in [-0.25, -0.2) is 4.79 Å². The summed E-state index contributed by atoms with van der Waals surface area (Å²) >= 11 is 0. The van der Waals surface area contributed by atoms with Crippen LogP contribution in [-0.2, 0) is 4.74 Å². The Kier molecular flexibility index (Phi) is 5.18. The lowest BCUT2D eigenvalue weighted by molar-refractivity contribution is 0.0655. The van der Waals surface area contributed by atoms with Crippen LogP contribution in [-0.4, -0.2) is 48.1 Å². The lowest BCUT2D eigenvalue weighted by Crippen LogP contribution is -2.42. The van der Waals surface area contributed by atoms with Crippen molar-refractivity contribution in [2.24, 2.45) is 23.7 Å². The van der Waals surface area contributed by atoms with Crippen LogP contribution in [0.5, 0.6) is 0 Å². The Bertz CT molecular complexity index is 622. The molecule has 3 atom stereocenters. The minimum atomic E-state index is -0.150. The minimum Gasteiger partial charge on any atom is -0.449 e. The molecule has 4 rings (SSSR count). The van der Waals surface area contributed by atoms with Crippen LogP contribution >= 0.6 is 0 Å². The number of nitrogens with zero attached hydrogens (tertiary/aromatic N) is 1. The second kappa shape index (κ2) is 7.72. The van der Waals surface area contributed by atoms with Crippen molar-refractivity contribution in [3.63, 3.8) is 0 Å². The Morgan fingerprint density at radius 2 is 2.04 bits per heavy atom. The van der Waals surface area contributed by atoms with E-state index in [1.165, 1.54) is 25.7 Å². The van der Waals surface area contributed by atoms with E-state index in [0.29, 0.717) is 30.6 Å². The normalized spacial score (nSPS) is 28.3. The quantitative estimate of drug-likeness (QED) is 0.849. The van der Waals surface area contributed by atoms with Crippen LogP contribution in [0.15, 0.2) is 18.5 Å². The number of H-pyrrole nitrogens is 1. The monoisotopic (exact) mass is 359 g/mol. The van der Waals surface area contributed by atoms with Gasteiger partial charge in [-0.3, -0.25) is 4.79 Å². The second-order valence-electron chi connectivity index (χ2n) is 8.25. The molecule has 26 heavy (non-hydrogen) atoms. The number of fused-ring (bicyclic) bond motifs is 2. The van der Waals surface area contributed by atoms with Crippen molar-refractivity contribution in [1.29, 1.82) is 0 Å². The van der Waals surface area contributed by atoms with Gasteiger partial charge >= 0.3 is 6.09 Å². The van der Waals surface area contributed by atoms with Gasteiger partial charge in [0.2, 0.25) is 0 Å². The van der Waals surface area contributed by atoms with Crippen LogP contribution in [0.25, 0.3) is 0 Å². The molecule has 2 bridgehead atoms. The highest BCUT2D eigenvalue weighted by atomic mass is 16.6. The zero-order valence-corrected chi connectivity index (χ0v) is 15.3. The molecule has 1 aromatic rings. The molecule has 2 aliphatic carbocycles. The summed E-state index contributed by atoms with van der Waals surface area (Å²) in [7, 11) is 0. The van der Waals surface area contributed by atoms with Gasteiger partial charge in [0.1, 0.15) is 0 Å². The molecule has 3 fully saturated rings. The average Bonchev–Trinajstić information content (AvgIpc) is 3.42. The molecule has 1 aliphatic heterocycles. The topological polar surface area (TPSA) is 74.4 Å². The number of carbonyl (C=O) groups excluding carboxylic acids is 2. The molecule has 0 radical (unpaired) electrons. The number of carbonyl (C=O) groups is 2. The Balaban J connectivity index is 1.14. The van der Waals surface area contributed by atoms with Crippen molar-refractivity contribution in [3.8, 4) is 0 Å². The standard InChI is InChI=1S/C20H29N3O3/c24-19(17-3-6-21-12-17)22-11-14-4-7-23(8-5-14)20(25)26-13-18-10-15-1-2-16(18)9-15/h3,6,12,14-16,18,21H,1-2,4-5,7-11,13H2,(H,22,24)/t15-,16+,18?/m0/s1. The van der Waals surface area contributed by atoms with Crippen LogP contribution in [0.4, 0.5) is 4.79 Å². The van der Waals surface area contributed by atoms with E-state index < -0.39 is 0 Å². The summed E-state index contributed by atoms with van der Waals surface area (Å²) in [4.78, 5) is 29.0. The predicted octanol–water partition coefficient (Wildman–Crippen LogP) is 3.03. The summed E-state index contributed by atoms with van der Waals surface area (Å²) in [5, 5.41) is 2.98. The number of hydrogen-bond acceptors (Lipinski definition) is 3. The van der Waals surface area contributed by atoms with Crippen LogP contribution < -0.4 is 5.32 Å². The van der Waals surface area contributed by atoms with Crippen molar-refractivity contribution in [2.75, 3.05) is 26.2 Å². The Labute approximate surface area is 154 Å². The zero-order chi connectivity index (χ0) is 17.9. The number of hydrogen-bond donors (Lipinski definition) is 2. The minimum absolute atomic E-state index is 0.0426. The maximum Gasteiger partial charge on any atom is 0.409 e. The third-order valence-corrected chi connectivity index (χ3v) is 6.59. The lowest BCUT2D eigenvalue weighted by atomic mass is 9.90. The van der Waals surface area contributed by atoms with Gasteiger partial charge in [-0.15, -0.1) is 0 Å². The van der Waals surface area contributed by atoms with E-state index in [9.17, 15) is 9.59 Å². The molecule has 1 saturated heterocycles. The number of piperidine rings is 1. The fourth-order valence-corrected chi connectivity index (χ4v) is 4.97. The van der Waals surface area contributed by atoms with Gasteiger partial charge < -0.3 is 19.9 Å². The number of rotatable bonds is 5. The van der Waals surface area contributed by atoms with Gasteiger partial charge in [0.25, 0.3) is 5.91 Å². The number of nitrogens with one attached hydrogen (secondary N) is 2. The molecule has 6 heteroatoms. The molecular weight excluding hydrogens is 330 g/mol. The van der Waals surface area contributed by atoms with E-state index in [1.54, 1.807) is 18.5 Å². The first-order chi connectivity index (χ1) is 12.7. The molecular formula is C20H29N3O3. The van der Waals surface area contributed by atoms with Crippen molar-refractivity contribution < 1.29 is 14.3 Å². The molecule has 2 heterocycles. The molecule has 2 amide bonds. The summed E-state index contributed by atoms with van der Waals surface area (Å²) in [5.74, 6) is 2.66. The zero-order valence-electron chi connectivity index (χ0n) is 15.3. The number of aromatic amines is 1. The first-order valence-corrected chi connectivity index (χ1v) is 10.0. The fraction of sp³-hybridized carbons (Fsp3) is 0.700. The Hall–Kier alpha value is -1.98. The molecule has 2 N–H and O–H groups in total. The molecule has 1 unspecified atom stereocenters. The predicted molar refractivity (Wildman–Crippen MR) is 97.7 cm³/mol. The summed E-state index contributed by atoms with van der Waals surface area (Å²) in [6.45, 7) is 2.71. The van der Waals surface area contributed by atoms with Gasteiger partial charge in [0.05, 0.1) is 12.2 Å². The molecule has 0 spiro atoms. The van der Waals surface area contributed by atoms with E-state index in [4.69, 9.17) is 4.74 Å². The fourth-order valence-electron chi connectivity index (χ4n) is 4.97. The third kappa shape index (κ3) is 3.89. The van der Waals surface area contributed by atoms with Gasteiger partial charge in [-0.2, -0.15) is 0 Å². The van der Waals surface area contributed by atoms with Crippen molar-refractivity contribution in [2.45, 2.75) is 38.5 Å². The number of ether oxygens (including phenoxy) is 1. The SMILES string of the molecule is O=C(NCC1CCN(C(=O)OCC2C[C@H]3CC[C@@H]2C3)CC1)c1cc[nH]c1. The van der Waals surface area contributed by atoms with Gasteiger partial charge in [-0.1, -0.05) is 6.42 Å². The largest absolute Gasteiger partial charge is 0.449 e. The highest BCUT2D eigenvalue weighted by molar-refractivity contribution is 5.93. The van der Waals surface area contributed by atoms with Gasteiger partial charge in [0.15, 0.2) is 0 Å². The van der Waals surface area contributed by atoms with Crippen LogP contribution in [0.2, 0.25) is 0 Å². The smallest absolute Gasteiger partial charge is 0.409 e. The summed E-state index contributed by atoms with van der Waals surface area (Å²) in [6.07, 6.45) is 10.4. The van der Waals surface area contributed by atoms with E-state index in [0.717, 1.165) is 37.8 Å². The maximum atomic E-state index is 12.3. The van der Waals surface area contributed by atoms with E-state index in [-0.39, 0.29) is 12.0 Å². The first kappa shape index (κ1) is 17.4. The lowest BCUT2D eigenvalue weighted by Gasteiger charge is -2.32.